The molecule has 0 aliphatic heterocycles. The summed E-state index contributed by atoms with van der Waals surface area (Å²) in [6.07, 6.45) is 0.945. The molecule has 0 saturated carbocycles. The van der Waals surface area contributed by atoms with Gasteiger partial charge in [-0.25, -0.2) is 4.99 Å². The fourth-order valence-electron chi connectivity index (χ4n) is 3.18. The first-order valence-electron chi connectivity index (χ1n) is 9.89. The maximum Gasteiger partial charge on any atom is 0.203 e. The second kappa shape index (κ2) is 13.2. The summed E-state index contributed by atoms with van der Waals surface area (Å²) in [4.78, 5) is 4.70. The highest BCUT2D eigenvalue weighted by molar-refractivity contribution is 14.0. The molecule has 0 heterocycles. The number of hydrogen-bond donors (Lipinski definition) is 2. The average molecular weight is 527 g/mol. The minimum atomic E-state index is 0. The maximum atomic E-state index is 5.42. The molecule has 0 spiro atoms. The summed E-state index contributed by atoms with van der Waals surface area (Å²) in [7, 11) is 4.83. The first kappa shape index (κ1) is 25.9. The molecule has 0 aromatic heterocycles. The number of hydrogen-bond acceptors (Lipinski definition) is 4. The van der Waals surface area contributed by atoms with Crippen LogP contribution in [0.25, 0.3) is 0 Å². The Balaban J connectivity index is 0.00000450. The van der Waals surface area contributed by atoms with Crippen LogP contribution in [0.5, 0.6) is 17.2 Å². The van der Waals surface area contributed by atoms with Crippen LogP contribution in [0.2, 0.25) is 0 Å². The van der Waals surface area contributed by atoms with Crippen molar-refractivity contribution in [3.63, 3.8) is 0 Å². The Hall–Kier alpha value is -2.16. The molecule has 0 unspecified atom stereocenters. The van der Waals surface area contributed by atoms with Crippen molar-refractivity contribution in [2.45, 2.75) is 33.7 Å². The Morgan fingerprint density at radius 1 is 0.933 bits per heavy atom. The number of methoxy groups -OCH3 is 3. The molecule has 166 valence electrons. The summed E-state index contributed by atoms with van der Waals surface area (Å²) < 4.78 is 16.2. The third-order valence-electron chi connectivity index (χ3n) is 4.67. The molecule has 2 N–H and O–H groups in total. The lowest BCUT2D eigenvalue weighted by atomic mass is 10.0. The lowest BCUT2D eigenvalue weighted by Gasteiger charge is -2.15. The number of aryl methyl sites for hydroxylation is 2. The summed E-state index contributed by atoms with van der Waals surface area (Å²) in [6, 6.07) is 10.4. The van der Waals surface area contributed by atoms with E-state index < -0.39 is 0 Å². The third-order valence-corrected chi connectivity index (χ3v) is 4.67. The Kier molecular flexibility index (Phi) is 11.4. The van der Waals surface area contributed by atoms with E-state index in [1.54, 1.807) is 21.3 Å². The van der Waals surface area contributed by atoms with E-state index in [4.69, 9.17) is 19.2 Å². The van der Waals surface area contributed by atoms with E-state index >= 15 is 0 Å². The van der Waals surface area contributed by atoms with Crippen molar-refractivity contribution < 1.29 is 14.2 Å². The highest BCUT2D eigenvalue weighted by atomic mass is 127. The van der Waals surface area contributed by atoms with Crippen LogP contribution in [-0.4, -0.2) is 40.4 Å². The molecule has 0 atom stereocenters. The summed E-state index contributed by atoms with van der Waals surface area (Å²) >= 11 is 0. The molecule has 0 bridgehead atoms. The first-order valence-corrected chi connectivity index (χ1v) is 9.89. The van der Waals surface area contributed by atoms with E-state index in [1.165, 1.54) is 16.7 Å². The quantitative estimate of drug-likeness (QED) is 0.290. The zero-order chi connectivity index (χ0) is 21.2. The second-order valence-electron chi connectivity index (χ2n) is 6.84. The zero-order valence-electron chi connectivity index (χ0n) is 18.8. The van der Waals surface area contributed by atoms with Crippen molar-refractivity contribution in [3.05, 3.63) is 52.6 Å². The molecule has 2 aromatic carbocycles. The lowest BCUT2D eigenvalue weighted by molar-refractivity contribution is 0.324. The van der Waals surface area contributed by atoms with E-state index in [-0.39, 0.29) is 24.0 Å². The molecule has 0 radical (unpaired) electrons. The number of nitrogens with zero attached hydrogens (tertiary/aromatic N) is 1. The largest absolute Gasteiger partial charge is 0.493 e. The molecule has 30 heavy (non-hydrogen) atoms. The van der Waals surface area contributed by atoms with Gasteiger partial charge in [0.1, 0.15) is 0 Å². The van der Waals surface area contributed by atoms with Gasteiger partial charge in [-0.05, 0) is 56.0 Å². The van der Waals surface area contributed by atoms with Crippen LogP contribution in [0.1, 0.15) is 29.2 Å². The molecular weight excluding hydrogens is 493 g/mol. The fourth-order valence-corrected chi connectivity index (χ4v) is 3.18. The molecule has 2 rings (SSSR count). The van der Waals surface area contributed by atoms with Crippen LogP contribution in [-0.2, 0) is 13.0 Å². The van der Waals surface area contributed by atoms with Gasteiger partial charge in [-0.1, -0.05) is 23.8 Å². The van der Waals surface area contributed by atoms with Gasteiger partial charge in [-0.15, -0.1) is 24.0 Å². The van der Waals surface area contributed by atoms with Gasteiger partial charge >= 0.3 is 0 Å². The van der Waals surface area contributed by atoms with E-state index in [2.05, 4.69) is 49.6 Å². The first-order chi connectivity index (χ1) is 14.0. The van der Waals surface area contributed by atoms with Crippen molar-refractivity contribution in [2.75, 3.05) is 34.4 Å². The lowest BCUT2D eigenvalue weighted by Crippen LogP contribution is -2.38. The molecular formula is C23H34IN3O3. The van der Waals surface area contributed by atoms with Crippen molar-refractivity contribution in [1.29, 1.82) is 0 Å². The maximum absolute atomic E-state index is 5.42. The van der Waals surface area contributed by atoms with Crippen LogP contribution in [0.4, 0.5) is 0 Å². The molecule has 0 aliphatic carbocycles. The molecule has 0 amide bonds. The van der Waals surface area contributed by atoms with E-state index in [0.29, 0.717) is 23.8 Å². The predicted molar refractivity (Wildman–Crippen MR) is 134 cm³/mol. The van der Waals surface area contributed by atoms with Gasteiger partial charge in [0.15, 0.2) is 17.5 Å². The molecule has 0 saturated heterocycles. The Bertz CT molecular complexity index is 815. The molecule has 2 aromatic rings. The SMILES string of the molecule is CCNC(=NCc1cc(OC)c(OC)c(OC)c1)NCCc1ccc(C)cc1C.I. The third kappa shape index (κ3) is 7.27. The Morgan fingerprint density at radius 2 is 1.60 bits per heavy atom. The van der Waals surface area contributed by atoms with Gasteiger partial charge in [-0.3, -0.25) is 0 Å². The summed E-state index contributed by atoms with van der Waals surface area (Å²) in [5, 5.41) is 6.71. The number of ether oxygens (including phenoxy) is 3. The number of nitrogens with one attached hydrogen (secondary N) is 2. The van der Waals surface area contributed by atoms with Crippen molar-refractivity contribution in [3.8, 4) is 17.2 Å². The number of aliphatic imine (C=N–C) groups is 1. The molecule has 0 fully saturated rings. The van der Waals surface area contributed by atoms with Gasteiger partial charge in [0, 0.05) is 13.1 Å². The minimum Gasteiger partial charge on any atom is -0.493 e. The number of halogens is 1. The molecule has 0 aliphatic rings. The van der Waals surface area contributed by atoms with Crippen LogP contribution >= 0.6 is 24.0 Å². The van der Waals surface area contributed by atoms with Crippen molar-refractivity contribution in [2.24, 2.45) is 4.99 Å². The Labute approximate surface area is 197 Å². The highest BCUT2D eigenvalue weighted by Gasteiger charge is 2.13. The van der Waals surface area contributed by atoms with E-state index in [9.17, 15) is 0 Å². The topological polar surface area (TPSA) is 64.1 Å². The van der Waals surface area contributed by atoms with Crippen molar-refractivity contribution in [1.82, 2.24) is 10.6 Å². The zero-order valence-corrected chi connectivity index (χ0v) is 21.1. The predicted octanol–water partition coefficient (Wildman–Crippen LogP) is 4.25. The molecule has 7 heteroatoms. The van der Waals surface area contributed by atoms with Crippen LogP contribution in [0.15, 0.2) is 35.3 Å². The number of benzene rings is 2. The van der Waals surface area contributed by atoms with Crippen LogP contribution in [0, 0.1) is 13.8 Å². The van der Waals surface area contributed by atoms with Gasteiger partial charge in [0.05, 0.1) is 27.9 Å². The summed E-state index contributed by atoms with van der Waals surface area (Å²) in [6.45, 7) is 8.44. The van der Waals surface area contributed by atoms with E-state index in [0.717, 1.165) is 31.0 Å². The summed E-state index contributed by atoms with van der Waals surface area (Å²) in [5.41, 5.74) is 4.94. The average Bonchev–Trinajstić information content (AvgIpc) is 2.72. The van der Waals surface area contributed by atoms with Crippen LogP contribution < -0.4 is 24.8 Å². The van der Waals surface area contributed by atoms with Crippen molar-refractivity contribution >= 4 is 29.9 Å². The Morgan fingerprint density at radius 3 is 2.13 bits per heavy atom. The summed E-state index contributed by atoms with van der Waals surface area (Å²) in [5.74, 6) is 2.63. The number of rotatable bonds is 9. The monoisotopic (exact) mass is 527 g/mol. The van der Waals surface area contributed by atoms with Gasteiger partial charge in [0.2, 0.25) is 5.75 Å². The second-order valence-corrected chi connectivity index (χ2v) is 6.84. The van der Waals surface area contributed by atoms with Crippen LogP contribution in [0.3, 0.4) is 0 Å². The molecule has 6 nitrogen and oxygen atoms in total. The minimum absolute atomic E-state index is 0. The van der Waals surface area contributed by atoms with Gasteiger partial charge < -0.3 is 24.8 Å². The van der Waals surface area contributed by atoms with Gasteiger partial charge in [-0.2, -0.15) is 0 Å². The van der Waals surface area contributed by atoms with Gasteiger partial charge in [0.25, 0.3) is 0 Å². The normalized spacial score (nSPS) is 10.8. The standard InChI is InChI=1S/C23H33N3O3.HI/c1-7-24-23(25-11-10-19-9-8-16(2)12-17(19)3)26-15-18-13-20(27-4)22(29-6)21(14-18)28-5;/h8-9,12-14H,7,10-11,15H2,1-6H3,(H2,24,25,26);1H. The highest BCUT2D eigenvalue weighted by Crippen LogP contribution is 2.38. The number of guanidine groups is 1. The van der Waals surface area contributed by atoms with E-state index in [1.807, 2.05) is 12.1 Å². The smallest absolute Gasteiger partial charge is 0.203 e. The fraction of sp³-hybridized carbons (Fsp3) is 0.435.